The van der Waals surface area contributed by atoms with E-state index in [1.807, 2.05) is 13.8 Å². The van der Waals surface area contributed by atoms with Gasteiger partial charge in [-0.2, -0.15) is 0 Å². The van der Waals surface area contributed by atoms with Crippen molar-refractivity contribution < 1.29 is 18.4 Å². The van der Waals surface area contributed by atoms with Crippen LogP contribution in [0.1, 0.15) is 31.9 Å². The van der Waals surface area contributed by atoms with Gasteiger partial charge < -0.3 is 10.2 Å². The van der Waals surface area contributed by atoms with Gasteiger partial charge in [-0.1, -0.05) is 30.3 Å². The summed E-state index contributed by atoms with van der Waals surface area (Å²) < 4.78 is 27.0. The molecule has 1 unspecified atom stereocenters. The van der Waals surface area contributed by atoms with E-state index in [0.717, 1.165) is 5.56 Å². The van der Waals surface area contributed by atoms with Gasteiger partial charge in [-0.3, -0.25) is 9.59 Å². The van der Waals surface area contributed by atoms with Crippen molar-refractivity contribution in [2.45, 2.75) is 45.2 Å². The lowest BCUT2D eigenvalue weighted by Gasteiger charge is -2.29. The molecule has 0 radical (unpaired) electrons. The third-order valence-corrected chi connectivity index (χ3v) is 5.27. The van der Waals surface area contributed by atoms with E-state index in [1.165, 1.54) is 34.9 Å². The number of thioether (sulfide) groups is 1. The van der Waals surface area contributed by atoms with E-state index in [-0.39, 0.29) is 41.8 Å². The SMILES string of the molecule is CC(C)NC(=O)C(C)N(Cc1ccc(F)cc1)C(=O)CSCc1ccccc1F. The van der Waals surface area contributed by atoms with Gasteiger partial charge in [-0.05, 0) is 50.1 Å². The Morgan fingerprint density at radius 1 is 1.03 bits per heavy atom. The minimum Gasteiger partial charge on any atom is -0.352 e. The molecule has 0 fully saturated rings. The summed E-state index contributed by atoms with van der Waals surface area (Å²) in [5, 5.41) is 2.81. The second-order valence-corrected chi connectivity index (χ2v) is 8.06. The summed E-state index contributed by atoms with van der Waals surface area (Å²) in [6.07, 6.45) is 0. The summed E-state index contributed by atoms with van der Waals surface area (Å²) in [5.74, 6) is -0.695. The Morgan fingerprint density at radius 3 is 2.31 bits per heavy atom. The predicted octanol–water partition coefficient (Wildman–Crippen LogP) is 4.14. The molecule has 0 saturated carbocycles. The second-order valence-electron chi connectivity index (χ2n) is 7.07. The number of carbonyl (C=O) groups excluding carboxylic acids is 2. The van der Waals surface area contributed by atoms with Crippen LogP contribution < -0.4 is 5.32 Å². The molecule has 0 aliphatic heterocycles. The van der Waals surface area contributed by atoms with E-state index in [1.54, 1.807) is 37.3 Å². The van der Waals surface area contributed by atoms with Crippen LogP contribution in [0.2, 0.25) is 0 Å². The minimum atomic E-state index is -0.691. The van der Waals surface area contributed by atoms with E-state index in [4.69, 9.17) is 0 Å². The molecule has 2 rings (SSSR count). The number of nitrogens with one attached hydrogen (secondary N) is 1. The molecule has 0 heterocycles. The zero-order valence-electron chi connectivity index (χ0n) is 16.8. The maximum Gasteiger partial charge on any atom is 0.242 e. The average Bonchev–Trinajstić information content (AvgIpc) is 2.68. The van der Waals surface area contributed by atoms with Crippen LogP contribution in [-0.4, -0.2) is 34.6 Å². The van der Waals surface area contributed by atoms with E-state index in [2.05, 4.69) is 5.32 Å². The van der Waals surface area contributed by atoms with Crippen molar-refractivity contribution in [3.8, 4) is 0 Å². The Labute approximate surface area is 174 Å². The maximum atomic E-state index is 13.8. The van der Waals surface area contributed by atoms with Crippen LogP contribution in [0.3, 0.4) is 0 Å². The van der Waals surface area contributed by atoms with Crippen LogP contribution >= 0.6 is 11.8 Å². The van der Waals surface area contributed by atoms with Crippen molar-refractivity contribution in [3.05, 3.63) is 71.3 Å². The van der Waals surface area contributed by atoms with Gasteiger partial charge in [0.25, 0.3) is 0 Å². The lowest BCUT2D eigenvalue weighted by molar-refractivity contribution is -0.138. The first-order chi connectivity index (χ1) is 13.8. The lowest BCUT2D eigenvalue weighted by Crippen LogP contribution is -2.49. The Morgan fingerprint density at radius 2 is 1.69 bits per heavy atom. The normalized spacial score (nSPS) is 11.9. The van der Waals surface area contributed by atoms with Crippen molar-refractivity contribution in [3.63, 3.8) is 0 Å². The second kappa shape index (κ2) is 11.0. The van der Waals surface area contributed by atoms with E-state index >= 15 is 0 Å². The molecule has 4 nitrogen and oxygen atoms in total. The standard InChI is InChI=1S/C22H26F2N2O2S/c1-15(2)25-22(28)16(3)26(12-17-8-10-19(23)11-9-17)21(27)14-29-13-18-6-4-5-7-20(18)24/h4-11,15-16H,12-14H2,1-3H3,(H,25,28). The van der Waals surface area contributed by atoms with Gasteiger partial charge in [0.05, 0.1) is 5.75 Å². The monoisotopic (exact) mass is 420 g/mol. The molecule has 29 heavy (non-hydrogen) atoms. The van der Waals surface area contributed by atoms with Crippen LogP contribution in [0, 0.1) is 11.6 Å². The number of hydrogen-bond acceptors (Lipinski definition) is 3. The van der Waals surface area contributed by atoms with Crippen LogP contribution in [-0.2, 0) is 21.9 Å². The van der Waals surface area contributed by atoms with Gasteiger partial charge in [-0.15, -0.1) is 11.8 Å². The van der Waals surface area contributed by atoms with Gasteiger partial charge in [0, 0.05) is 18.3 Å². The van der Waals surface area contributed by atoms with Crippen molar-refractivity contribution in [1.29, 1.82) is 0 Å². The van der Waals surface area contributed by atoms with Crippen molar-refractivity contribution in [2.75, 3.05) is 5.75 Å². The van der Waals surface area contributed by atoms with Gasteiger partial charge >= 0.3 is 0 Å². The smallest absolute Gasteiger partial charge is 0.242 e. The molecule has 0 aromatic heterocycles. The van der Waals surface area contributed by atoms with Gasteiger partial charge in [0.1, 0.15) is 17.7 Å². The maximum absolute atomic E-state index is 13.8. The number of amides is 2. The molecular formula is C22H26F2N2O2S. The number of hydrogen-bond donors (Lipinski definition) is 1. The summed E-state index contributed by atoms with van der Waals surface area (Å²) in [4.78, 5) is 26.8. The lowest BCUT2D eigenvalue weighted by atomic mass is 10.1. The number of benzene rings is 2. The zero-order valence-corrected chi connectivity index (χ0v) is 17.6. The number of rotatable bonds is 9. The number of carbonyl (C=O) groups is 2. The molecule has 1 atom stereocenters. The van der Waals surface area contributed by atoms with Gasteiger partial charge in [0.15, 0.2) is 0 Å². The molecule has 1 N–H and O–H groups in total. The zero-order chi connectivity index (χ0) is 21.4. The number of nitrogens with zero attached hydrogens (tertiary/aromatic N) is 1. The quantitative estimate of drug-likeness (QED) is 0.663. The van der Waals surface area contributed by atoms with Crippen molar-refractivity contribution >= 4 is 23.6 Å². The molecule has 2 aromatic carbocycles. The summed E-state index contributed by atoms with van der Waals surface area (Å²) in [6, 6.07) is 11.5. The fourth-order valence-electron chi connectivity index (χ4n) is 2.72. The molecule has 0 spiro atoms. The number of halogens is 2. The molecule has 7 heteroatoms. The van der Waals surface area contributed by atoms with E-state index in [9.17, 15) is 18.4 Å². The molecule has 0 aliphatic carbocycles. The molecule has 156 valence electrons. The Balaban J connectivity index is 2.07. The third-order valence-electron chi connectivity index (χ3n) is 4.31. The fraction of sp³-hybridized carbons (Fsp3) is 0.364. The summed E-state index contributed by atoms with van der Waals surface area (Å²) >= 11 is 1.29. The summed E-state index contributed by atoms with van der Waals surface area (Å²) in [7, 11) is 0. The molecule has 2 aromatic rings. The highest BCUT2D eigenvalue weighted by Gasteiger charge is 2.26. The molecular weight excluding hydrogens is 394 g/mol. The predicted molar refractivity (Wildman–Crippen MR) is 112 cm³/mol. The van der Waals surface area contributed by atoms with Gasteiger partial charge in [0.2, 0.25) is 11.8 Å². The summed E-state index contributed by atoms with van der Waals surface area (Å²) in [5.41, 5.74) is 1.25. The van der Waals surface area contributed by atoms with Crippen molar-refractivity contribution in [2.24, 2.45) is 0 Å². The van der Waals surface area contributed by atoms with Crippen LogP contribution in [0.5, 0.6) is 0 Å². The molecule has 0 bridgehead atoms. The highest BCUT2D eigenvalue weighted by atomic mass is 32.2. The first kappa shape index (κ1) is 22.9. The molecule has 2 amide bonds. The topological polar surface area (TPSA) is 49.4 Å². The summed E-state index contributed by atoms with van der Waals surface area (Å²) in [6.45, 7) is 5.55. The highest BCUT2D eigenvalue weighted by Crippen LogP contribution is 2.18. The first-order valence-corrected chi connectivity index (χ1v) is 10.6. The average molecular weight is 421 g/mol. The van der Waals surface area contributed by atoms with E-state index in [0.29, 0.717) is 11.3 Å². The Hall–Kier alpha value is -2.41. The van der Waals surface area contributed by atoms with Crippen LogP contribution in [0.15, 0.2) is 48.5 Å². The molecule has 0 saturated heterocycles. The Kier molecular flexibility index (Phi) is 8.64. The largest absolute Gasteiger partial charge is 0.352 e. The van der Waals surface area contributed by atoms with E-state index < -0.39 is 6.04 Å². The van der Waals surface area contributed by atoms with Crippen LogP contribution in [0.25, 0.3) is 0 Å². The Bertz CT molecular complexity index is 828. The minimum absolute atomic E-state index is 0.0526. The van der Waals surface area contributed by atoms with Crippen molar-refractivity contribution in [1.82, 2.24) is 10.2 Å². The van der Waals surface area contributed by atoms with Crippen LogP contribution in [0.4, 0.5) is 8.78 Å². The molecule has 0 aliphatic rings. The third kappa shape index (κ3) is 7.16. The highest BCUT2D eigenvalue weighted by molar-refractivity contribution is 7.99. The first-order valence-electron chi connectivity index (χ1n) is 9.43. The fourth-order valence-corrected chi connectivity index (χ4v) is 3.62. The van der Waals surface area contributed by atoms with Gasteiger partial charge in [-0.25, -0.2) is 8.78 Å².